The van der Waals surface area contributed by atoms with Crippen LogP contribution in [0.15, 0.2) is 24.5 Å². The summed E-state index contributed by atoms with van der Waals surface area (Å²) in [5, 5.41) is 7.80. The normalized spacial score (nSPS) is 22.0. The van der Waals surface area contributed by atoms with Gasteiger partial charge in [-0.05, 0) is 36.2 Å². The first-order chi connectivity index (χ1) is 9.33. The number of aromatic nitrogens is 3. The molecule has 1 fully saturated rings. The van der Waals surface area contributed by atoms with Gasteiger partial charge in [0.05, 0.1) is 6.20 Å². The maximum atomic E-state index is 4.61. The van der Waals surface area contributed by atoms with Gasteiger partial charge >= 0.3 is 0 Å². The van der Waals surface area contributed by atoms with Crippen molar-refractivity contribution in [2.45, 2.75) is 53.0 Å². The monoisotopic (exact) mass is 272 g/mol. The summed E-state index contributed by atoms with van der Waals surface area (Å²) in [5.41, 5.74) is 1.67. The zero-order valence-corrected chi connectivity index (χ0v) is 12.8. The molecule has 2 aromatic rings. The highest BCUT2D eigenvalue weighted by atomic mass is 15.2. The van der Waals surface area contributed by atoms with Crippen LogP contribution < -0.4 is 5.32 Å². The van der Waals surface area contributed by atoms with Gasteiger partial charge in [0.2, 0.25) is 0 Å². The molecule has 2 aromatic heterocycles. The van der Waals surface area contributed by atoms with E-state index in [0.29, 0.717) is 16.9 Å². The second-order valence-electron chi connectivity index (χ2n) is 7.70. The Balaban J connectivity index is 1.79. The fraction of sp³-hybridized carbons (Fsp3) is 0.625. The first kappa shape index (κ1) is 13.4. The minimum Gasteiger partial charge on any atom is -0.367 e. The van der Waals surface area contributed by atoms with Crippen LogP contribution in [0.5, 0.6) is 0 Å². The van der Waals surface area contributed by atoms with E-state index in [2.05, 4.69) is 43.1 Å². The van der Waals surface area contributed by atoms with Gasteiger partial charge in [0, 0.05) is 18.3 Å². The fourth-order valence-electron chi connectivity index (χ4n) is 4.05. The standard InChI is InChI=1S/C16H24N4/c1-15(2)9-12(10-16(3,4)11-15)18-13-6-8-20-14(19-13)5-7-17-20/h5-8,12H,9-11H2,1-4H3,(H,18,19). The summed E-state index contributed by atoms with van der Waals surface area (Å²) in [5.74, 6) is 0.955. The summed E-state index contributed by atoms with van der Waals surface area (Å²) in [6.45, 7) is 9.48. The summed E-state index contributed by atoms with van der Waals surface area (Å²) in [6, 6.07) is 4.43. The lowest BCUT2D eigenvalue weighted by Gasteiger charge is -2.45. The lowest BCUT2D eigenvalue weighted by molar-refractivity contribution is 0.105. The fourth-order valence-corrected chi connectivity index (χ4v) is 4.05. The van der Waals surface area contributed by atoms with Crippen LogP contribution in [0.2, 0.25) is 0 Å². The molecule has 0 amide bonds. The van der Waals surface area contributed by atoms with Crippen molar-refractivity contribution in [3.63, 3.8) is 0 Å². The van der Waals surface area contributed by atoms with Crippen molar-refractivity contribution in [2.24, 2.45) is 10.8 Å². The van der Waals surface area contributed by atoms with Gasteiger partial charge in [-0.3, -0.25) is 0 Å². The predicted molar refractivity (Wildman–Crippen MR) is 81.8 cm³/mol. The van der Waals surface area contributed by atoms with E-state index in [1.54, 1.807) is 10.7 Å². The van der Waals surface area contributed by atoms with Crippen LogP contribution in [-0.2, 0) is 0 Å². The first-order valence-corrected chi connectivity index (χ1v) is 7.40. The van der Waals surface area contributed by atoms with Crippen molar-refractivity contribution in [3.05, 3.63) is 24.5 Å². The van der Waals surface area contributed by atoms with Crippen molar-refractivity contribution in [1.29, 1.82) is 0 Å². The molecule has 1 saturated carbocycles. The zero-order valence-electron chi connectivity index (χ0n) is 12.8. The van der Waals surface area contributed by atoms with Gasteiger partial charge in [-0.25, -0.2) is 9.50 Å². The zero-order chi connectivity index (χ0) is 14.4. The minimum absolute atomic E-state index is 0.389. The minimum atomic E-state index is 0.389. The molecular weight excluding hydrogens is 248 g/mol. The molecular formula is C16H24N4. The molecule has 0 radical (unpaired) electrons. The summed E-state index contributed by atoms with van der Waals surface area (Å²) < 4.78 is 1.79. The molecule has 4 heteroatoms. The van der Waals surface area contributed by atoms with Gasteiger partial charge in [-0.2, -0.15) is 5.10 Å². The van der Waals surface area contributed by atoms with Crippen LogP contribution in [0.25, 0.3) is 5.65 Å². The predicted octanol–water partition coefficient (Wildman–Crippen LogP) is 3.75. The average molecular weight is 272 g/mol. The highest BCUT2D eigenvalue weighted by Crippen LogP contribution is 2.46. The summed E-state index contributed by atoms with van der Waals surface area (Å²) >= 11 is 0. The second-order valence-corrected chi connectivity index (χ2v) is 7.70. The highest BCUT2D eigenvalue weighted by Gasteiger charge is 2.38. The molecule has 3 rings (SSSR count). The van der Waals surface area contributed by atoms with E-state index < -0.39 is 0 Å². The Bertz CT molecular complexity index is 596. The van der Waals surface area contributed by atoms with E-state index in [4.69, 9.17) is 0 Å². The Kier molecular flexibility index (Phi) is 3.00. The van der Waals surface area contributed by atoms with Crippen molar-refractivity contribution < 1.29 is 0 Å². The lowest BCUT2D eigenvalue weighted by Crippen LogP contribution is -2.40. The molecule has 108 valence electrons. The van der Waals surface area contributed by atoms with Crippen LogP contribution in [-0.4, -0.2) is 20.6 Å². The van der Waals surface area contributed by atoms with Crippen molar-refractivity contribution >= 4 is 11.5 Å². The van der Waals surface area contributed by atoms with E-state index in [0.717, 1.165) is 11.5 Å². The average Bonchev–Trinajstić information content (AvgIpc) is 2.71. The van der Waals surface area contributed by atoms with E-state index >= 15 is 0 Å². The van der Waals surface area contributed by atoms with E-state index in [-0.39, 0.29) is 0 Å². The number of hydrogen-bond acceptors (Lipinski definition) is 3. The first-order valence-electron chi connectivity index (χ1n) is 7.40. The van der Waals surface area contributed by atoms with Crippen molar-refractivity contribution in [1.82, 2.24) is 14.6 Å². The molecule has 20 heavy (non-hydrogen) atoms. The molecule has 0 spiro atoms. The van der Waals surface area contributed by atoms with Gasteiger partial charge < -0.3 is 5.32 Å². The molecule has 4 nitrogen and oxygen atoms in total. The van der Waals surface area contributed by atoms with E-state index in [1.165, 1.54) is 19.3 Å². The third-order valence-corrected chi connectivity index (χ3v) is 4.17. The largest absolute Gasteiger partial charge is 0.367 e. The van der Waals surface area contributed by atoms with Crippen LogP contribution in [0.1, 0.15) is 47.0 Å². The maximum absolute atomic E-state index is 4.61. The number of nitrogens with zero attached hydrogens (tertiary/aromatic N) is 3. The van der Waals surface area contributed by atoms with Gasteiger partial charge in [0.25, 0.3) is 0 Å². The third kappa shape index (κ3) is 2.79. The van der Waals surface area contributed by atoms with Gasteiger partial charge in [-0.1, -0.05) is 27.7 Å². The number of nitrogens with one attached hydrogen (secondary N) is 1. The van der Waals surface area contributed by atoms with Crippen LogP contribution >= 0.6 is 0 Å². The number of fused-ring (bicyclic) bond motifs is 1. The molecule has 0 atom stereocenters. The molecule has 1 aliphatic rings. The Hall–Kier alpha value is -1.58. The maximum Gasteiger partial charge on any atom is 0.157 e. The third-order valence-electron chi connectivity index (χ3n) is 4.17. The molecule has 0 bridgehead atoms. The summed E-state index contributed by atoms with van der Waals surface area (Å²) in [6.07, 6.45) is 7.42. The number of anilines is 1. The Morgan fingerprint density at radius 3 is 2.55 bits per heavy atom. The van der Waals surface area contributed by atoms with E-state index in [9.17, 15) is 0 Å². The Morgan fingerprint density at radius 2 is 1.85 bits per heavy atom. The molecule has 0 unspecified atom stereocenters. The van der Waals surface area contributed by atoms with Gasteiger partial charge in [0.1, 0.15) is 5.82 Å². The molecule has 0 aliphatic heterocycles. The van der Waals surface area contributed by atoms with Crippen LogP contribution in [0.4, 0.5) is 5.82 Å². The Labute approximate surface area is 120 Å². The SMILES string of the molecule is CC1(C)CC(Nc2ccn3nccc3n2)CC(C)(C)C1. The van der Waals surface area contributed by atoms with Gasteiger partial charge in [0.15, 0.2) is 5.65 Å². The van der Waals surface area contributed by atoms with E-state index in [1.807, 2.05) is 18.3 Å². The van der Waals surface area contributed by atoms with Crippen molar-refractivity contribution in [2.75, 3.05) is 5.32 Å². The lowest BCUT2D eigenvalue weighted by atomic mass is 9.63. The number of rotatable bonds is 2. The smallest absolute Gasteiger partial charge is 0.157 e. The topological polar surface area (TPSA) is 42.2 Å². The van der Waals surface area contributed by atoms with Gasteiger partial charge in [-0.15, -0.1) is 0 Å². The quantitative estimate of drug-likeness (QED) is 0.905. The van der Waals surface area contributed by atoms with Crippen LogP contribution in [0.3, 0.4) is 0 Å². The molecule has 1 aliphatic carbocycles. The summed E-state index contributed by atoms with van der Waals surface area (Å²) in [7, 11) is 0. The molecule has 0 saturated heterocycles. The molecule has 1 N–H and O–H groups in total. The molecule has 0 aromatic carbocycles. The number of hydrogen-bond donors (Lipinski definition) is 1. The second kappa shape index (κ2) is 4.47. The molecule has 2 heterocycles. The summed E-state index contributed by atoms with van der Waals surface area (Å²) in [4.78, 5) is 4.61. The van der Waals surface area contributed by atoms with Crippen LogP contribution in [0, 0.1) is 10.8 Å². The Morgan fingerprint density at radius 1 is 1.15 bits per heavy atom. The highest BCUT2D eigenvalue weighted by molar-refractivity contribution is 5.46. The van der Waals surface area contributed by atoms with Crippen molar-refractivity contribution in [3.8, 4) is 0 Å².